The van der Waals surface area contributed by atoms with E-state index in [0.29, 0.717) is 21.7 Å². The molecule has 0 radical (unpaired) electrons. The van der Waals surface area contributed by atoms with Crippen molar-refractivity contribution in [2.45, 2.75) is 13.5 Å². The summed E-state index contributed by atoms with van der Waals surface area (Å²) in [5.41, 5.74) is 2.63. The van der Waals surface area contributed by atoms with Crippen molar-refractivity contribution in [3.05, 3.63) is 44.7 Å². The number of aromatic nitrogens is 2. The Hall–Kier alpha value is -0.900. The fourth-order valence-corrected chi connectivity index (χ4v) is 2.31. The van der Waals surface area contributed by atoms with E-state index >= 15 is 0 Å². The molecule has 1 aromatic heterocycles. The zero-order chi connectivity index (χ0) is 13.3. The maximum absolute atomic E-state index is 6.15. The average molecular weight is 305 g/mol. The number of halogens is 3. The van der Waals surface area contributed by atoms with Gasteiger partial charge in [0.05, 0.1) is 21.4 Å². The summed E-state index contributed by atoms with van der Waals surface area (Å²) in [6, 6.07) is 5.46. The predicted molar refractivity (Wildman–Crippen MR) is 76.7 cm³/mol. The van der Waals surface area contributed by atoms with Gasteiger partial charge >= 0.3 is 0 Å². The van der Waals surface area contributed by atoms with Crippen molar-refractivity contribution in [3.63, 3.8) is 0 Å². The largest absolute Gasteiger partial charge is 0.380 e. The molecule has 0 aliphatic carbocycles. The van der Waals surface area contributed by atoms with Crippen LogP contribution in [-0.4, -0.2) is 9.78 Å². The number of hydrogen-bond acceptors (Lipinski definition) is 2. The number of rotatable bonds is 3. The molecule has 0 saturated carbocycles. The Labute approximate surface area is 121 Å². The van der Waals surface area contributed by atoms with E-state index < -0.39 is 0 Å². The van der Waals surface area contributed by atoms with Gasteiger partial charge < -0.3 is 5.32 Å². The molecular formula is C12H12Cl3N3. The molecule has 1 aromatic carbocycles. The normalized spacial score (nSPS) is 10.7. The Morgan fingerprint density at radius 3 is 2.61 bits per heavy atom. The summed E-state index contributed by atoms with van der Waals surface area (Å²) >= 11 is 18.2. The quantitative estimate of drug-likeness (QED) is 0.916. The van der Waals surface area contributed by atoms with Crippen LogP contribution in [0, 0.1) is 6.92 Å². The average Bonchev–Trinajstić information content (AvgIpc) is 2.56. The second-order valence-electron chi connectivity index (χ2n) is 3.93. The Morgan fingerprint density at radius 1 is 1.28 bits per heavy atom. The smallest absolute Gasteiger partial charge is 0.131 e. The summed E-state index contributed by atoms with van der Waals surface area (Å²) in [4.78, 5) is 0. The first-order valence-corrected chi connectivity index (χ1v) is 6.50. The topological polar surface area (TPSA) is 29.9 Å². The van der Waals surface area contributed by atoms with Crippen LogP contribution >= 0.6 is 34.8 Å². The highest BCUT2D eigenvalue weighted by Gasteiger charge is 2.11. The number of benzene rings is 1. The molecular weight excluding hydrogens is 293 g/mol. The van der Waals surface area contributed by atoms with Gasteiger partial charge in [-0.15, -0.1) is 0 Å². The number of nitrogens with zero attached hydrogens (tertiary/aromatic N) is 2. The summed E-state index contributed by atoms with van der Waals surface area (Å²) in [5, 5.41) is 9.12. The van der Waals surface area contributed by atoms with Gasteiger partial charge in [0.15, 0.2) is 0 Å². The minimum Gasteiger partial charge on any atom is -0.380 e. The molecule has 0 saturated heterocycles. The molecule has 96 valence electrons. The summed E-state index contributed by atoms with van der Waals surface area (Å²) in [6.07, 6.45) is 0. The molecule has 2 rings (SSSR count). The molecule has 6 heteroatoms. The van der Waals surface area contributed by atoms with E-state index in [4.69, 9.17) is 34.8 Å². The van der Waals surface area contributed by atoms with Crippen LogP contribution in [0.5, 0.6) is 0 Å². The fourth-order valence-electron chi connectivity index (χ4n) is 1.70. The first-order valence-electron chi connectivity index (χ1n) is 5.36. The first kappa shape index (κ1) is 13.5. The Balaban J connectivity index is 2.19. The molecule has 0 amide bonds. The van der Waals surface area contributed by atoms with Crippen molar-refractivity contribution >= 4 is 40.5 Å². The van der Waals surface area contributed by atoms with Gasteiger partial charge in [-0.1, -0.05) is 40.9 Å². The minimum absolute atomic E-state index is 0.511. The lowest BCUT2D eigenvalue weighted by atomic mass is 10.2. The van der Waals surface area contributed by atoms with E-state index in [-0.39, 0.29) is 0 Å². The third kappa shape index (κ3) is 2.58. The fraction of sp³-hybridized carbons (Fsp3) is 0.250. The van der Waals surface area contributed by atoms with Gasteiger partial charge in [-0.3, -0.25) is 4.68 Å². The second-order valence-corrected chi connectivity index (χ2v) is 5.08. The maximum Gasteiger partial charge on any atom is 0.131 e. The van der Waals surface area contributed by atoms with Gasteiger partial charge in [0.2, 0.25) is 0 Å². The van der Waals surface area contributed by atoms with E-state index in [1.54, 1.807) is 10.7 Å². The van der Waals surface area contributed by atoms with E-state index in [9.17, 15) is 0 Å². The van der Waals surface area contributed by atoms with Gasteiger partial charge in [-0.2, -0.15) is 5.10 Å². The van der Waals surface area contributed by atoms with Crippen LogP contribution in [0.3, 0.4) is 0 Å². The van der Waals surface area contributed by atoms with Crippen molar-refractivity contribution in [1.82, 2.24) is 9.78 Å². The van der Waals surface area contributed by atoms with E-state index in [1.165, 1.54) is 0 Å². The Morgan fingerprint density at radius 2 is 2.00 bits per heavy atom. The Bertz CT molecular complexity index is 578. The summed E-state index contributed by atoms with van der Waals surface area (Å²) in [6.45, 7) is 2.47. The number of hydrogen-bond donors (Lipinski definition) is 1. The Kier molecular flexibility index (Phi) is 4.05. The van der Waals surface area contributed by atoms with Crippen LogP contribution in [0.4, 0.5) is 5.69 Å². The van der Waals surface area contributed by atoms with Crippen LogP contribution in [0.2, 0.25) is 15.2 Å². The zero-order valence-corrected chi connectivity index (χ0v) is 12.2. The third-order valence-corrected chi connectivity index (χ3v) is 3.97. The van der Waals surface area contributed by atoms with Gasteiger partial charge in [-0.05, 0) is 19.1 Å². The van der Waals surface area contributed by atoms with Gasteiger partial charge in [-0.25, -0.2) is 0 Å². The maximum atomic E-state index is 6.15. The van der Waals surface area contributed by atoms with Crippen LogP contribution in [0.1, 0.15) is 11.3 Å². The van der Waals surface area contributed by atoms with Crippen molar-refractivity contribution in [3.8, 4) is 0 Å². The summed E-state index contributed by atoms with van der Waals surface area (Å²) < 4.78 is 1.65. The molecule has 0 bridgehead atoms. The molecule has 0 unspecified atom stereocenters. The summed E-state index contributed by atoms with van der Waals surface area (Å²) in [5.74, 6) is 0. The van der Waals surface area contributed by atoms with Crippen LogP contribution < -0.4 is 5.32 Å². The monoisotopic (exact) mass is 303 g/mol. The SMILES string of the molecule is Cc1nn(C)c(Cl)c1CNc1cccc(Cl)c1Cl. The molecule has 0 fully saturated rings. The van der Waals surface area contributed by atoms with Crippen molar-refractivity contribution in [2.24, 2.45) is 7.05 Å². The molecule has 3 nitrogen and oxygen atoms in total. The van der Waals surface area contributed by atoms with Crippen LogP contribution in [0.25, 0.3) is 0 Å². The van der Waals surface area contributed by atoms with Gasteiger partial charge in [0.25, 0.3) is 0 Å². The zero-order valence-electron chi connectivity index (χ0n) is 9.97. The highest BCUT2D eigenvalue weighted by molar-refractivity contribution is 6.43. The van der Waals surface area contributed by atoms with Crippen LogP contribution in [0.15, 0.2) is 18.2 Å². The van der Waals surface area contributed by atoms with Gasteiger partial charge in [0, 0.05) is 19.2 Å². The number of nitrogens with one attached hydrogen (secondary N) is 1. The van der Waals surface area contributed by atoms with E-state index in [0.717, 1.165) is 16.9 Å². The standard InChI is InChI=1S/C12H12Cl3N3/c1-7-8(12(15)18(2)17-7)6-16-10-5-3-4-9(13)11(10)14/h3-5,16H,6H2,1-2H3. The van der Waals surface area contributed by atoms with Crippen molar-refractivity contribution < 1.29 is 0 Å². The third-order valence-electron chi connectivity index (χ3n) is 2.68. The van der Waals surface area contributed by atoms with Crippen molar-refractivity contribution in [1.29, 1.82) is 0 Å². The molecule has 1 heterocycles. The van der Waals surface area contributed by atoms with E-state index in [1.807, 2.05) is 26.1 Å². The number of aryl methyl sites for hydroxylation is 2. The highest BCUT2D eigenvalue weighted by atomic mass is 35.5. The second kappa shape index (κ2) is 5.39. The lowest BCUT2D eigenvalue weighted by Gasteiger charge is -2.09. The number of anilines is 1. The molecule has 1 N–H and O–H groups in total. The minimum atomic E-state index is 0.511. The predicted octanol–water partition coefficient (Wildman–Crippen LogP) is 4.30. The summed E-state index contributed by atoms with van der Waals surface area (Å²) in [7, 11) is 1.81. The lowest BCUT2D eigenvalue weighted by molar-refractivity contribution is 0.757. The molecule has 2 aromatic rings. The van der Waals surface area contributed by atoms with Gasteiger partial charge in [0.1, 0.15) is 5.15 Å². The lowest BCUT2D eigenvalue weighted by Crippen LogP contribution is -2.01. The first-order chi connectivity index (χ1) is 8.50. The molecule has 18 heavy (non-hydrogen) atoms. The van der Waals surface area contributed by atoms with Crippen molar-refractivity contribution in [2.75, 3.05) is 5.32 Å². The molecule has 0 atom stereocenters. The van der Waals surface area contributed by atoms with E-state index in [2.05, 4.69) is 10.4 Å². The molecule has 0 spiro atoms. The molecule has 0 aliphatic rings. The molecule has 0 aliphatic heterocycles. The van der Waals surface area contributed by atoms with Crippen LogP contribution in [-0.2, 0) is 13.6 Å². The highest BCUT2D eigenvalue weighted by Crippen LogP contribution is 2.30.